The molecule has 20 heavy (non-hydrogen) atoms. The maximum absolute atomic E-state index is 12.3. The van der Waals surface area contributed by atoms with Crippen molar-refractivity contribution in [3.63, 3.8) is 0 Å². The third kappa shape index (κ3) is 2.92. The highest BCUT2D eigenvalue weighted by Crippen LogP contribution is 2.26. The van der Waals surface area contributed by atoms with Crippen LogP contribution in [0.5, 0.6) is 0 Å². The number of benzene rings is 1. The molecule has 0 aromatic heterocycles. The molecule has 1 aliphatic rings. The molecule has 1 saturated carbocycles. The van der Waals surface area contributed by atoms with E-state index in [1.165, 1.54) is 0 Å². The van der Waals surface area contributed by atoms with Gasteiger partial charge in [0.15, 0.2) is 0 Å². The first-order valence-corrected chi connectivity index (χ1v) is 6.88. The Hall–Kier alpha value is -2.04. The maximum Gasteiger partial charge on any atom is 0.251 e. The third-order valence-corrected chi connectivity index (χ3v) is 4.10. The van der Waals surface area contributed by atoms with E-state index in [1.807, 2.05) is 32.0 Å². The molecule has 0 aliphatic heterocycles. The van der Waals surface area contributed by atoms with E-state index >= 15 is 0 Å². The molecule has 0 radical (unpaired) electrons. The van der Waals surface area contributed by atoms with Crippen molar-refractivity contribution in [3.8, 4) is 0 Å². The Morgan fingerprint density at radius 3 is 2.75 bits per heavy atom. The van der Waals surface area contributed by atoms with Crippen LogP contribution in [0.2, 0.25) is 0 Å². The molecule has 1 fully saturated rings. The second-order valence-electron chi connectivity index (χ2n) is 5.44. The summed E-state index contributed by atoms with van der Waals surface area (Å²) < 4.78 is 0. The number of amides is 1. The lowest BCUT2D eigenvalue weighted by molar-refractivity contribution is 0.0933. The summed E-state index contributed by atoms with van der Waals surface area (Å²) in [5, 5.41) is 14.8. The number of aryl methyl sites for hydroxylation is 2. The van der Waals surface area contributed by atoms with Gasteiger partial charge in [-0.1, -0.05) is 17.6 Å². The molecule has 5 heteroatoms. The van der Waals surface area contributed by atoms with E-state index in [0.717, 1.165) is 30.4 Å². The smallest absolute Gasteiger partial charge is 0.251 e. The summed E-state index contributed by atoms with van der Waals surface area (Å²) in [6.07, 6.45) is 2.67. The van der Waals surface area contributed by atoms with Gasteiger partial charge in [0.2, 0.25) is 0 Å². The average Bonchev–Trinajstić information content (AvgIpc) is 2.89. The molecule has 5 nitrogen and oxygen atoms in total. The second kappa shape index (κ2) is 5.94. The topological polar surface area (TPSA) is 87.7 Å². The van der Waals surface area contributed by atoms with Crippen molar-refractivity contribution in [3.05, 3.63) is 34.9 Å². The molecule has 1 aromatic carbocycles. The van der Waals surface area contributed by atoms with Crippen LogP contribution in [0.25, 0.3) is 0 Å². The van der Waals surface area contributed by atoms with Crippen molar-refractivity contribution in [2.45, 2.75) is 39.2 Å². The first kappa shape index (κ1) is 14.4. The quantitative estimate of drug-likeness (QED) is 0.341. The second-order valence-corrected chi connectivity index (χ2v) is 5.44. The van der Waals surface area contributed by atoms with E-state index in [-0.39, 0.29) is 23.7 Å². The van der Waals surface area contributed by atoms with Gasteiger partial charge < -0.3 is 16.3 Å². The molecule has 1 aromatic rings. The fraction of sp³-hybridized carbons (Fsp3) is 0.467. The standard InChI is InChI=1S/C15H21N3O2/c1-9-6-7-11(8-10(9)2)15(19)17-13-5-3-4-12(13)14(16)18-20/h6-8,12-13,20H,3-5H2,1-2H3,(H2,16,18)(H,17,19). The van der Waals surface area contributed by atoms with Crippen molar-refractivity contribution in [1.82, 2.24) is 5.32 Å². The van der Waals surface area contributed by atoms with Crippen LogP contribution >= 0.6 is 0 Å². The predicted molar refractivity (Wildman–Crippen MR) is 77.9 cm³/mol. The molecular formula is C15H21N3O2. The molecule has 1 amide bonds. The zero-order chi connectivity index (χ0) is 14.7. The van der Waals surface area contributed by atoms with Crippen LogP contribution < -0.4 is 11.1 Å². The average molecular weight is 275 g/mol. The van der Waals surface area contributed by atoms with Gasteiger partial charge in [-0.15, -0.1) is 0 Å². The molecule has 2 rings (SSSR count). The highest BCUT2D eigenvalue weighted by atomic mass is 16.4. The van der Waals surface area contributed by atoms with Crippen LogP contribution in [0.1, 0.15) is 40.7 Å². The van der Waals surface area contributed by atoms with Gasteiger partial charge in [-0.2, -0.15) is 0 Å². The third-order valence-electron chi connectivity index (χ3n) is 4.10. The van der Waals surface area contributed by atoms with Gasteiger partial charge in [0.1, 0.15) is 5.84 Å². The van der Waals surface area contributed by atoms with E-state index in [4.69, 9.17) is 10.9 Å². The summed E-state index contributed by atoms with van der Waals surface area (Å²) in [5.41, 5.74) is 8.59. The Morgan fingerprint density at radius 1 is 1.35 bits per heavy atom. The monoisotopic (exact) mass is 275 g/mol. The van der Waals surface area contributed by atoms with Gasteiger partial charge in [-0.25, -0.2) is 0 Å². The van der Waals surface area contributed by atoms with Crippen molar-refractivity contribution >= 4 is 11.7 Å². The first-order chi connectivity index (χ1) is 9.52. The molecular weight excluding hydrogens is 254 g/mol. The molecule has 2 atom stereocenters. The van der Waals surface area contributed by atoms with Gasteiger partial charge in [-0.3, -0.25) is 4.79 Å². The Labute approximate surface area is 118 Å². The molecule has 4 N–H and O–H groups in total. The summed E-state index contributed by atoms with van der Waals surface area (Å²) in [5.74, 6) is 0.0270. The fourth-order valence-electron chi connectivity index (χ4n) is 2.70. The number of oxime groups is 1. The largest absolute Gasteiger partial charge is 0.409 e. The fourth-order valence-corrected chi connectivity index (χ4v) is 2.70. The maximum atomic E-state index is 12.3. The first-order valence-electron chi connectivity index (χ1n) is 6.88. The summed E-state index contributed by atoms with van der Waals surface area (Å²) in [4.78, 5) is 12.3. The highest BCUT2D eigenvalue weighted by Gasteiger charge is 2.31. The van der Waals surface area contributed by atoms with Gasteiger partial charge in [0.25, 0.3) is 5.91 Å². The minimum absolute atomic E-state index is 0.0555. The zero-order valence-corrected chi connectivity index (χ0v) is 11.9. The van der Waals surface area contributed by atoms with Crippen molar-refractivity contribution < 1.29 is 10.0 Å². The van der Waals surface area contributed by atoms with Gasteiger partial charge in [-0.05, 0) is 49.9 Å². The SMILES string of the molecule is Cc1ccc(C(=O)NC2CCCC2C(N)=NO)cc1C. The Kier molecular flexibility index (Phi) is 4.27. The van der Waals surface area contributed by atoms with Crippen molar-refractivity contribution in [2.75, 3.05) is 0 Å². The number of nitrogens with one attached hydrogen (secondary N) is 1. The number of hydrogen-bond acceptors (Lipinski definition) is 3. The lowest BCUT2D eigenvalue weighted by Crippen LogP contribution is -2.42. The van der Waals surface area contributed by atoms with E-state index in [2.05, 4.69) is 10.5 Å². The summed E-state index contributed by atoms with van der Waals surface area (Å²) in [6, 6.07) is 5.60. The van der Waals surface area contributed by atoms with E-state index in [1.54, 1.807) is 0 Å². The summed E-state index contributed by atoms with van der Waals surface area (Å²) in [7, 11) is 0. The van der Waals surface area contributed by atoms with E-state index < -0.39 is 0 Å². The minimum Gasteiger partial charge on any atom is -0.409 e. The van der Waals surface area contributed by atoms with Crippen LogP contribution in [0.3, 0.4) is 0 Å². The molecule has 1 aliphatic carbocycles. The van der Waals surface area contributed by atoms with Gasteiger partial charge in [0.05, 0.1) is 0 Å². The normalized spacial score (nSPS) is 22.8. The van der Waals surface area contributed by atoms with Crippen LogP contribution in [0, 0.1) is 19.8 Å². The van der Waals surface area contributed by atoms with E-state index in [0.29, 0.717) is 5.56 Å². The number of nitrogens with two attached hydrogens (primary N) is 1. The molecule has 0 saturated heterocycles. The molecule has 0 spiro atoms. The van der Waals surface area contributed by atoms with Crippen LogP contribution in [0.4, 0.5) is 0 Å². The number of carbonyl (C=O) groups is 1. The Balaban J connectivity index is 2.09. The molecule has 0 heterocycles. The van der Waals surface area contributed by atoms with Crippen molar-refractivity contribution in [1.29, 1.82) is 0 Å². The number of rotatable bonds is 3. The van der Waals surface area contributed by atoms with Crippen LogP contribution in [-0.2, 0) is 0 Å². The zero-order valence-electron chi connectivity index (χ0n) is 11.9. The Morgan fingerprint density at radius 2 is 2.10 bits per heavy atom. The lowest BCUT2D eigenvalue weighted by Gasteiger charge is -2.20. The minimum atomic E-state index is -0.101. The van der Waals surface area contributed by atoms with Crippen molar-refractivity contribution in [2.24, 2.45) is 16.8 Å². The van der Waals surface area contributed by atoms with Crippen LogP contribution in [0.15, 0.2) is 23.4 Å². The highest BCUT2D eigenvalue weighted by molar-refractivity contribution is 5.95. The summed E-state index contributed by atoms with van der Waals surface area (Å²) >= 11 is 0. The van der Waals surface area contributed by atoms with E-state index in [9.17, 15) is 4.79 Å². The number of amidine groups is 1. The molecule has 0 bridgehead atoms. The Bertz CT molecular complexity index is 540. The van der Waals surface area contributed by atoms with Crippen LogP contribution in [-0.4, -0.2) is 23.0 Å². The molecule has 108 valence electrons. The lowest BCUT2D eigenvalue weighted by atomic mass is 10.0. The van der Waals surface area contributed by atoms with Gasteiger partial charge >= 0.3 is 0 Å². The number of carbonyl (C=O) groups excluding carboxylic acids is 1. The number of nitrogens with zero attached hydrogens (tertiary/aromatic N) is 1. The van der Waals surface area contributed by atoms with Gasteiger partial charge in [0, 0.05) is 17.5 Å². The molecule has 2 unspecified atom stereocenters. The summed E-state index contributed by atoms with van der Waals surface area (Å²) in [6.45, 7) is 4.00. The number of hydrogen-bond donors (Lipinski definition) is 3. The predicted octanol–water partition coefficient (Wildman–Crippen LogP) is 1.95.